The average Bonchev–Trinajstić information content (AvgIpc) is 0.862. The van der Waals surface area contributed by atoms with Crippen LogP contribution in [0.2, 0.25) is 0 Å². The van der Waals surface area contributed by atoms with E-state index in [1.807, 2.05) is 41.5 Å². The number of amides is 15. The largest absolute Gasteiger partial charge is 0.480 e. The summed E-state index contributed by atoms with van der Waals surface area (Å²) in [5.41, 5.74) is 41.3. The number of unbranched alkanes of at least 4 members (excludes halogenated alkanes) is 6. The molecule has 0 spiro atoms. The van der Waals surface area contributed by atoms with E-state index in [4.69, 9.17) is 45.2 Å². The number of nitrogens with two attached hydrogens (primary N) is 7. The van der Waals surface area contributed by atoms with Gasteiger partial charge in [0, 0.05) is 0 Å². The van der Waals surface area contributed by atoms with Crippen LogP contribution in [0.1, 0.15) is 264 Å². The Hall–Kier alpha value is -8.80. The second-order valence-corrected chi connectivity index (χ2v) is 36.0. The number of carbonyl (C=O) groups excluding carboxylic acids is 15. The van der Waals surface area contributed by atoms with Crippen molar-refractivity contribution in [2.75, 3.05) is 52.4 Å². The second kappa shape index (κ2) is 65.7. The van der Waals surface area contributed by atoms with Crippen molar-refractivity contribution in [2.45, 2.75) is 355 Å². The third-order valence-electron chi connectivity index (χ3n) is 20.6. The molecular weight excluding hydrogens is 1630 g/mol. The van der Waals surface area contributed by atoms with Gasteiger partial charge in [-0.05, 0) is 248 Å². The van der Waals surface area contributed by atoms with E-state index in [2.05, 4.69) is 79.8 Å². The molecular formula is C86H164N22O18. The van der Waals surface area contributed by atoms with Gasteiger partial charge in [-0.15, -0.1) is 0 Å². The molecule has 40 heteroatoms. The van der Waals surface area contributed by atoms with Crippen molar-refractivity contribution >= 4 is 94.6 Å². The minimum Gasteiger partial charge on any atom is -0.480 e. The van der Waals surface area contributed by atoms with E-state index in [9.17, 15) is 81.8 Å². The van der Waals surface area contributed by atoms with Gasteiger partial charge < -0.3 is 130 Å². The van der Waals surface area contributed by atoms with Gasteiger partial charge >= 0.3 is 5.97 Å². The fourth-order valence-corrected chi connectivity index (χ4v) is 13.8. The summed E-state index contributed by atoms with van der Waals surface area (Å²) in [4.78, 5) is 225. The molecule has 0 heterocycles. The second-order valence-electron chi connectivity index (χ2n) is 36.0. The first-order chi connectivity index (χ1) is 59.3. The van der Waals surface area contributed by atoms with Gasteiger partial charge in [0.1, 0.15) is 91.1 Å². The van der Waals surface area contributed by atoms with Crippen LogP contribution in [-0.4, -0.2) is 248 Å². The van der Waals surface area contributed by atoms with Crippen LogP contribution in [-0.2, 0) is 76.7 Å². The molecule has 0 aromatic rings. The van der Waals surface area contributed by atoms with Gasteiger partial charge in [-0.1, -0.05) is 96.9 Å². The quantitative estimate of drug-likeness (QED) is 0.0305. The summed E-state index contributed by atoms with van der Waals surface area (Å²) in [5.74, 6) is -14.4. The van der Waals surface area contributed by atoms with Crippen LogP contribution in [0.4, 0.5) is 0 Å². The minimum absolute atomic E-state index is 0.000870. The molecule has 0 radical (unpaired) electrons. The molecule has 0 unspecified atom stereocenters. The summed E-state index contributed by atoms with van der Waals surface area (Å²) in [6.45, 7) is 26.5. The molecule has 15 atom stereocenters. The number of hydrogen-bond donors (Lipinski definition) is 24. The fourth-order valence-electron chi connectivity index (χ4n) is 13.8. The number of carboxylic acids is 1. The lowest BCUT2D eigenvalue weighted by atomic mass is 9.98. The van der Waals surface area contributed by atoms with Crippen molar-refractivity contribution in [3.05, 3.63) is 0 Å². The van der Waals surface area contributed by atoms with E-state index in [1.165, 1.54) is 6.92 Å². The van der Waals surface area contributed by atoms with Gasteiger partial charge in [0.05, 0.1) is 12.6 Å². The van der Waals surface area contributed by atoms with E-state index in [0.717, 1.165) is 0 Å². The molecule has 0 fully saturated rings. The van der Waals surface area contributed by atoms with Crippen molar-refractivity contribution in [1.29, 1.82) is 0 Å². The molecule has 0 aliphatic rings. The summed E-state index contributed by atoms with van der Waals surface area (Å²) >= 11 is 0. The number of aliphatic carboxylic acids is 1. The minimum atomic E-state index is -1.76. The standard InChI is InChI=1S/C86H164N22O18/c1-49(2)40-57(93)73(113)96-58(28-16-22-34-87)74(114)97-60(30-18-24-36-89)76(116)103-67(44-53(9)10)83(123)107-66(43-52(7)8)82(122)100-63(33-21-27-39-92)79(119)105-69(46-55(13)14)85(125)108-70(48-109)86(126)101-59(29-17-23-35-88)75(115)98-61(31-19-25-37-90)77(117)104-68(45-54(11)12)84(124)106-65(42-51(5)6)81(121)99-62(32-20-26-38-91)78(118)102-64(41-50(3)4)80(120)95-56(15)72(112)94-47-71(110)111/h49-70,109H,16-48,87-93H2,1-15H3,(H,94,112)(H,95,120)(H,96,113)(H,97,114)(H,98,115)(H,99,121)(H,100,122)(H,101,126)(H,102,118)(H,103,116)(H,104,117)(H,105,119)(H,106,124)(H,107,123)(H,108,125)(H,110,111)/t56-,57-,58-,59-,60-,61-,62-,63-,64-,65-,66-,67-,68-,69-,70-/m0/s1. The predicted octanol–water partition coefficient (Wildman–Crippen LogP) is -1.59. The Labute approximate surface area is 747 Å². The monoisotopic (exact) mass is 1790 g/mol. The van der Waals surface area contributed by atoms with Gasteiger partial charge in [0.2, 0.25) is 88.6 Å². The van der Waals surface area contributed by atoms with E-state index in [-0.39, 0.29) is 158 Å². The van der Waals surface area contributed by atoms with Crippen LogP contribution < -0.4 is 120 Å². The van der Waals surface area contributed by atoms with Crippen LogP contribution in [0.5, 0.6) is 0 Å². The van der Waals surface area contributed by atoms with Crippen molar-refractivity contribution in [1.82, 2.24) is 79.8 Å². The zero-order chi connectivity index (χ0) is 95.9. The third kappa shape index (κ3) is 50.7. The number of aliphatic hydroxyl groups excluding tert-OH is 1. The molecule has 0 saturated heterocycles. The molecule has 31 N–H and O–H groups in total. The van der Waals surface area contributed by atoms with Gasteiger partial charge in [0.25, 0.3) is 0 Å². The first-order valence-corrected chi connectivity index (χ1v) is 45.7. The van der Waals surface area contributed by atoms with Crippen LogP contribution in [0.25, 0.3) is 0 Å². The smallest absolute Gasteiger partial charge is 0.322 e. The molecule has 40 nitrogen and oxygen atoms in total. The van der Waals surface area contributed by atoms with Gasteiger partial charge in [-0.25, -0.2) is 0 Å². The fraction of sp³-hybridized carbons (Fsp3) is 0.814. The zero-order valence-corrected chi connectivity index (χ0v) is 78.0. The van der Waals surface area contributed by atoms with Crippen molar-refractivity contribution in [3.8, 4) is 0 Å². The summed E-state index contributed by atoms with van der Waals surface area (Å²) < 4.78 is 0. The van der Waals surface area contributed by atoms with Gasteiger partial charge in [-0.2, -0.15) is 0 Å². The summed E-state index contributed by atoms with van der Waals surface area (Å²) in [7, 11) is 0. The highest BCUT2D eigenvalue weighted by molar-refractivity contribution is 6.01. The third-order valence-corrected chi connectivity index (χ3v) is 20.6. The van der Waals surface area contributed by atoms with Crippen molar-refractivity contribution in [3.63, 3.8) is 0 Å². The Morgan fingerprint density at radius 1 is 0.222 bits per heavy atom. The summed E-state index contributed by atoms with van der Waals surface area (Å²) in [6.07, 6.45) is 5.68. The molecule has 0 aromatic carbocycles. The first-order valence-electron chi connectivity index (χ1n) is 45.7. The number of nitrogens with one attached hydrogen (secondary N) is 15. The molecule has 0 rings (SSSR count). The first kappa shape index (κ1) is 117. The van der Waals surface area contributed by atoms with Crippen LogP contribution >= 0.6 is 0 Å². The Morgan fingerprint density at radius 2 is 0.389 bits per heavy atom. The highest BCUT2D eigenvalue weighted by Crippen LogP contribution is 2.18. The van der Waals surface area contributed by atoms with Gasteiger partial charge in [0.15, 0.2) is 0 Å². The SMILES string of the molecule is CC(C)C[C@H](NC(=O)[C@H](CCCCN)NC(=O)[C@H](CC(C)C)NC(=O)[C@H](CC(C)C)NC(=O)[C@H](CCCCN)NC(=O)[C@H](CCCCN)NC(=O)[C@H](CO)NC(=O)[C@H](CC(C)C)NC(=O)[C@H](CCCCN)NC(=O)[C@H](CC(C)C)NC(=O)[C@H](CC(C)C)NC(=O)[C@H](CCCCN)NC(=O)[C@H](CCCCN)NC(=O)[C@@H](N)CC(C)C)C(=O)N[C@@H](C)C(=O)NCC(=O)O. The Morgan fingerprint density at radius 3 is 0.571 bits per heavy atom. The van der Waals surface area contributed by atoms with Crippen LogP contribution in [0, 0.1) is 41.4 Å². The lowest BCUT2D eigenvalue weighted by Crippen LogP contribution is -2.61. The normalized spacial score (nSPS) is 15.1. The summed E-state index contributed by atoms with van der Waals surface area (Å²) in [5, 5.41) is 60.1. The van der Waals surface area contributed by atoms with Crippen LogP contribution in [0.15, 0.2) is 0 Å². The molecule has 15 amide bonds. The maximum atomic E-state index is 14.7. The Balaban J connectivity index is 7.27. The highest BCUT2D eigenvalue weighted by atomic mass is 16.4. The molecule has 0 aromatic heterocycles. The van der Waals surface area contributed by atoms with E-state index >= 15 is 0 Å². The maximum absolute atomic E-state index is 14.7. The zero-order valence-electron chi connectivity index (χ0n) is 78.0. The number of rotatable bonds is 70. The molecule has 0 aliphatic carbocycles. The van der Waals surface area contributed by atoms with Crippen LogP contribution in [0.3, 0.4) is 0 Å². The number of carbonyl (C=O) groups is 16. The summed E-state index contributed by atoms with van der Waals surface area (Å²) in [6, 6.07) is -19.4. The van der Waals surface area contributed by atoms with Gasteiger partial charge in [-0.3, -0.25) is 76.7 Å². The number of carboxylic acid groups (broad SMARTS) is 1. The van der Waals surface area contributed by atoms with Crippen molar-refractivity contribution < 1.29 is 86.9 Å². The Bertz CT molecular complexity index is 3320. The molecule has 0 bridgehead atoms. The average molecular weight is 1790 g/mol. The molecule has 126 heavy (non-hydrogen) atoms. The number of aliphatic hydroxyl groups is 1. The highest BCUT2D eigenvalue weighted by Gasteiger charge is 2.39. The van der Waals surface area contributed by atoms with E-state index in [0.29, 0.717) is 83.6 Å². The Kier molecular flexibility index (Phi) is 61.1. The van der Waals surface area contributed by atoms with E-state index in [1.54, 1.807) is 55.4 Å². The lowest BCUT2D eigenvalue weighted by molar-refractivity contribution is -0.138. The molecule has 726 valence electrons. The molecule has 0 aliphatic heterocycles. The maximum Gasteiger partial charge on any atom is 0.322 e. The number of hydrogen-bond acceptors (Lipinski definition) is 24. The molecule has 0 saturated carbocycles. The van der Waals surface area contributed by atoms with E-state index < -0.39 is 198 Å². The lowest BCUT2D eigenvalue weighted by Gasteiger charge is -2.29. The predicted molar refractivity (Wildman–Crippen MR) is 482 cm³/mol. The topological polar surface area (TPSA) is 676 Å². The van der Waals surface area contributed by atoms with Crippen molar-refractivity contribution in [2.24, 2.45) is 81.6 Å².